The van der Waals surface area contributed by atoms with Gasteiger partial charge in [-0.15, -0.1) is 0 Å². The molecule has 1 aromatic heterocycles. The van der Waals surface area contributed by atoms with Crippen LogP contribution in [-0.4, -0.2) is 46.0 Å². The lowest BCUT2D eigenvalue weighted by molar-refractivity contribution is -0.384. The van der Waals surface area contributed by atoms with Crippen LogP contribution in [0.15, 0.2) is 85.1 Å². The normalized spacial score (nSPS) is 12.9. The summed E-state index contributed by atoms with van der Waals surface area (Å²) in [4.78, 5) is 27.1. The highest BCUT2D eigenvalue weighted by Gasteiger charge is 2.25. The molecule has 210 valence electrons. The van der Waals surface area contributed by atoms with Gasteiger partial charge in [0.1, 0.15) is 0 Å². The van der Waals surface area contributed by atoms with E-state index in [-0.39, 0.29) is 34.9 Å². The first-order valence-electron chi connectivity index (χ1n) is 14.3. The number of nitro benzene ring substituents is 1. The Balaban J connectivity index is 1.64. The summed E-state index contributed by atoms with van der Waals surface area (Å²) in [5, 5.41) is 15.7. The van der Waals surface area contributed by atoms with Gasteiger partial charge in [0, 0.05) is 54.2 Å². The fourth-order valence-corrected chi connectivity index (χ4v) is 5.46. The minimum absolute atomic E-state index is 0.0152. The molecule has 0 spiro atoms. The second kappa shape index (κ2) is 13.9. The number of nitro groups is 1. The van der Waals surface area contributed by atoms with Gasteiger partial charge < -0.3 is 14.8 Å². The second-order valence-corrected chi connectivity index (χ2v) is 10.5. The number of non-ortho nitro benzene ring substituents is 1. The Bertz CT molecular complexity index is 1400. The van der Waals surface area contributed by atoms with Gasteiger partial charge in [0.25, 0.3) is 5.69 Å². The predicted molar refractivity (Wildman–Crippen MR) is 162 cm³/mol. The van der Waals surface area contributed by atoms with Gasteiger partial charge in [0.15, 0.2) is 0 Å². The largest absolute Gasteiger partial charge is 0.354 e. The van der Waals surface area contributed by atoms with Gasteiger partial charge in [-0.25, -0.2) is 0 Å². The van der Waals surface area contributed by atoms with Crippen molar-refractivity contribution >= 4 is 22.5 Å². The van der Waals surface area contributed by atoms with E-state index in [4.69, 9.17) is 0 Å². The molecule has 0 bridgehead atoms. The molecule has 0 saturated heterocycles. The molecular weight excluding hydrogens is 500 g/mol. The third-order valence-electron chi connectivity index (χ3n) is 7.68. The van der Waals surface area contributed by atoms with E-state index in [1.54, 1.807) is 12.1 Å². The maximum Gasteiger partial charge on any atom is 0.270 e. The van der Waals surface area contributed by atoms with E-state index in [0.717, 1.165) is 60.1 Å². The first-order chi connectivity index (χ1) is 19.4. The molecule has 3 aromatic carbocycles. The van der Waals surface area contributed by atoms with Crippen LogP contribution in [0.25, 0.3) is 10.9 Å². The van der Waals surface area contributed by atoms with E-state index in [9.17, 15) is 14.9 Å². The maximum atomic E-state index is 13.4. The monoisotopic (exact) mass is 540 g/mol. The number of fused-ring (bicyclic) bond motifs is 1. The van der Waals surface area contributed by atoms with Crippen LogP contribution < -0.4 is 5.32 Å². The summed E-state index contributed by atoms with van der Waals surface area (Å²) >= 11 is 0. The molecule has 7 nitrogen and oxygen atoms in total. The fourth-order valence-electron chi connectivity index (χ4n) is 5.46. The number of rotatable bonds is 14. The maximum absolute atomic E-state index is 13.4. The molecule has 0 saturated carbocycles. The molecule has 0 aliphatic carbocycles. The number of benzene rings is 3. The van der Waals surface area contributed by atoms with Crippen LogP contribution in [0.3, 0.4) is 0 Å². The Labute approximate surface area is 237 Å². The summed E-state index contributed by atoms with van der Waals surface area (Å²) in [5.74, 6) is -0.260. The standard InChI is InChI=1S/C33H40N4O3/c1-4-35(5-2)20-12-13-25(3)34-33(38)22-29(27-16-10-7-11-17-27)31-24-36(23-26-14-8-6-9-15-26)32-19-18-28(37(39)40)21-30(31)32/h6-11,14-19,21,24-25,29H,4-5,12-13,20,22-23H2,1-3H3,(H,34,38)/t25-,29+/m1/s1. The second-order valence-electron chi connectivity index (χ2n) is 10.5. The van der Waals surface area contributed by atoms with E-state index in [2.05, 4.69) is 53.9 Å². The van der Waals surface area contributed by atoms with Gasteiger partial charge in [0.2, 0.25) is 5.91 Å². The van der Waals surface area contributed by atoms with E-state index in [1.165, 1.54) is 0 Å². The molecule has 0 fully saturated rings. The smallest absolute Gasteiger partial charge is 0.270 e. The van der Waals surface area contributed by atoms with Crippen LogP contribution >= 0.6 is 0 Å². The van der Waals surface area contributed by atoms with Crippen molar-refractivity contribution in [2.75, 3.05) is 19.6 Å². The summed E-state index contributed by atoms with van der Waals surface area (Å²) < 4.78 is 2.13. The predicted octanol–water partition coefficient (Wildman–Crippen LogP) is 6.75. The lowest BCUT2D eigenvalue weighted by atomic mass is 9.88. The highest BCUT2D eigenvalue weighted by atomic mass is 16.6. The third kappa shape index (κ3) is 7.36. The van der Waals surface area contributed by atoms with Crippen LogP contribution in [0.2, 0.25) is 0 Å². The Hall–Kier alpha value is -3.97. The van der Waals surface area contributed by atoms with Crippen LogP contribution in [-0.2, 0) is 11.3 Å². The van der Waals surface area contributed by atoms with E-state index < -0.39 is 0 Å². The average Bonchev–Trinajstić information content (AvgIpc) is 3.32. The highest BCUT2D eigenvalue weighted by Crippen LogP contribution is 2.36. The van der Waals surface area contributed by atoms with Crippen molar-refractivity contribution < 1.29 is 9.72 Å². The van der Waals surface area contributed by atoms with Crippen molar-refractivity contribution in [2.45, 2.75) is 58.5 Å². The quantitative estimate of drug-likeness (QED) is 0.142. The molecule has 40 heavy (non-hydrogen) atoms. The van der Waals surface area contributed by atoms with Crippen LogP contribution in [0.1, 0.15) is 62.6 Å². The molecule has 4 rings (SSSR count). The average molecular weight is 541 g/mol. The lowest BCUT2D eigenvalue weighted by Gasteiger charge is -2.21. The summed E-state index contributed by atoms with van der Waals surface area (Å²) in [6.07, 6.45) is 4.28. The number of carbonyl (C=O) groups excluding carboxylic acids is 1. The Morgan fingerprint density at radius 2 is 1.68 bits per heavy atom. The summed E-state index contributed by atoms with van der Waals surface area (Å²) in [6, 6.07) is 25.2. The minimum Gasteiger partial charge on any atom is -0.354 e. The Morgan fingerprint density at radius 3 is 2.33 bits per heavy atom. The Morgan fingerprint density at radius 1 is 1.00 bits per heavy atom. The lowest BCUT2D eigenvalue weighted by Crippen LogP contribution is -2.34. The van der Waals surface area contributed by atoms with Gasteiger partial charge in [-0.05, 0) is 62.2 Å². The van der Waals surface area contributed by atoms with Crippen molar-refractivity contribution in [1.29, 1.82) is 0 Å². The molecule has 0 unspecified atom stereocenters. The molecule has 0 radical (unpaired) electrons. The topological polar surface area (TPSA) is 80.4 Å². The van der Waals surface area contributed by atoms with Crippen LogP contribution in [0, 0.1) is 10.1 Å². The molecule has 1 amide bonds. The van der Waals surface area contributed by atoms with Gasteiger partial charge in [0.05, 0.1) is 4.92 Å². The van der Waals surface area contributed by atoms with Gasteiger partial charge >= 0.3 is 0 Å². The molecule has 1 heterocycles. The number of hydrogen-bond donors (Lipinski definition) is 1. The van der Waals surface area contributed by atoms with E-state index in [0.29, 0.717) is 6.54 Å². The molecule has 1 N–H and O–H groups in total. The van der Waals surface area contributed by atoms with Crippen molar-refractivity contribution in [3.63, 3.8) is 0 Å². The zero-order chi connectivity index (χ0) is 28.5. The third-order valence-corrected chi connectivity index (χ3v) is 7.68. The number of nitrogens with zero attached hydrogens (tertiary/aromatic N) is 3. The fraction of sp³-hybridized carbons (Fsp3) is 0.364. The molecule has 0 aliphatic heterocycles. The summed E-state index contributed by atoms with van der Waals surface area (Å²) in [6.45, 7) is 10.1. The number of aromatic nitrogens is 1. The first kappa shape index (κ1) is 29.0. The van der Waals surface area contributed by atoms with Gasteiger partial charge in [-0.1, -0.05) is 74.5 Å². The zero-order valence-electron chi connectivity index (χ0n) is 23.8. The summed E-state index contributed by atoms with van der Waals surface area (Å²) in [7, 11) is 0. The van der Waals surface area contributed by atoms with Crippen molar-refractivity contribution in [3.05, 3.63) is 112 Å². The van der Waals surface area contributed by atoms with Crippen LogP contribution in [0.4, 0.5) is 5.69 Å². The Kier molecular flexibility index (Phi) is 10.1. The minimum atomic E-state index is -0.359. The number of nitrogens with one attached hydrogen (secondary N) is 1. The summed E-state index contributed by atoms with van der Waals surface area (Å²) in [5.41, 5.74) is 4.03. The number of hydrogen-bond acceptors (Lipinski definition) is 4. The molecule has 2 atom stereocenters. The van der Waals surface area contributed by atoms with Gasteiger partial charge in [-0.3, -0.25) is 14.9 Å². The van der Waals surface area contributed by atoms with Gasteiger partial charge in [-0.2, -0.15) is 0 Å². The van der Waals surface area contributed by atoms with Crippen molar-refractivity contribution in [2.24, 2.45) is 0 Å². The number of amides is 1. The van der Waals surface area contributed by atoms with Crippen molar-refractivity contribution in [3.8, 4) is 0 Å². The van der Waals surface area contributed by atoms with E-state index in [1.807, 2.05) is 54.6 Å². The van der Waals surface area contributed by atoms with E-state index >= 15 is 0 Å². The molecule has 7 heteroatoms. The SMILES string of the molecule is CCN(CC)CCC[C@@H](C)NC(=O)C[C@@H](c1ccccc1)c1cn(Cc2ccccc2)c2ccc([N+](=O)[O-])cc12. The highest BCUT2D eigenvalue weighted by molar-refractivity contribution is 5.88. The molecule has 4 aromatic rings. The molecule has 0 aliphatic rings. The van der Waals surface area contributed by atoms with Crippen LogP contribution in [0.5, 0.6) is 0 Å². The zero-order valence-corrected chi connectivity index (χ0v) is 23.8. The molecular formula is C33H40N4O3. The number of carbonyl (C=O) groups is 1. The first-order valence-corrected chi connectivity index (χ1v) is 14.3. The van der Waals surface area contributed by atoms with Crippen molar-refractivity contribution in [1.82, 2.24) is 14.8 Å².